The molecule has 0 radical (unpaired) electrons. The van der Waals surface area contributed by atoms with Gasteiger partial charge in [0.2, 0.25) is 0 Å². The van der Waals surface area contributed by atoms with Crippen molar-refractivity contribution in [1.82, 2.24) is 9.78 Å². The number of benzene rings is 1. The van der Waals surface area contributed by atoms with Gasteiger partial charge in [-0.2, -0.15) is 5.10 Å². The molecule has 0 saturated heterocycles. The fourth-order valence-corrected chi connectivity index (χ4v) is 4.08. The summed E-state index contributed by atoms with van der Waals surface area (Å²) in [5.41, 5.74) is 8.50. The Labute approximate surface area is 143 Å². The van der Waals surface area contributed by atoms with Gasteiger partial charge in [-0.25, -0.2) is 0 Å². The summed E-state index contributed by atoms with van der Waals surface area (Å²) in [6, 6.07) is 7.91. The van der Waals surface area contributed by atoms with Crippen molar-refractivity contribution in [1.29, 1.82) is 0 Å². The highest BCUT2D eigenvalue weighted by atomic mass is 79.9. The minimum absolute atomic E-state index is 0.0580. The highest BCUT2D eigenvalue weighted by Crippen LogP contribution is 2.28. The Morgan fingerprint density at radius 3 is 2.76 bits per heavy atom. The summed E-state index contributed by atoms with van der Waals surface area (Å²) in [7, 11) is 1.97. The number of aromatic nitrogens is 2. The minimum Gasteiger partial charge on any atom is -0.327 e. The summed E-state index contributed by atoms with van der Waals surface area (Å²) in [5, 5.41) is 5.28. The molecule has 0 aliphatic rings. The van der Waals surface area contributed by atoms with Gasteiger partial charge in [-0.15, -0.1) is 11.8 Å². The molecule has 0 bridgehead atoms. The fraction of sp³-hybridized carbons (Fsp3) is 0.400. The third kappa shape index (κ3) is 4.25. The second-order valence-corrected chi connectivity index (χ2v) is 7.15. The van der Waals surface area contributed by atoms with Crippen molar-refractivity contribution in [2.24, 2.45) is 12.8 Å². The molecule has 0 amide bonds. The van der Waals surface area contributed by atoms with Gasteiger partial charge in [0.05, 0.1) is 20.9 Å². The van der Waals surface area contributed by atoms with Crippen LogP contribution < -0.4 is 5.73 Å². The van der Waals surface area contributed by atoms with Crippen LogP contribution in [0.3, 0.4) is 0 Å². The van der Waals surface area contributed by atoms with Crippen LogP contribution in [-0.4, -0.2) is 21.6 Å². The maximum absolute atomic E-state index is 6.27. The molecule has 0 aliphatic heterocycles. The largest absolute Gasteiger partial charge is 0.327 e. The number of thioether (sulfide) groups is 1. The lowest BCUT2D eigenvalue weighted by Gasteiger charge is -2.12. The van der Waals surface area contributed by atoms with E-state index in [4.69, 9.17) is 17.3 Å². The molecular weight excluding hydrogens is 370 g/mol. The van der Waals surface area contributed by atoms with E-state index in [0.717, 1.165) is 44.4 Å². The monoisotopic (exact) mass is 387 g/mol. The number of halogens is 2. The number of nitrogens with two attached hydrogens (primary N) is 1. The molecule has 1 aromatic heterocycles. The molecule has 1 unspecified atom stereocenters. The molecule has 0 spiro atoms. The Kier molecular flexibility index (Phi) is 6.17. The lowest BCUT2D eigenvalue weighted by molar-refractivity contribution is 0.649. The minimum atomic E-state index is 0.0580. The topological polar surface area (TPSA) is 43.8 Å². The second-order valence-electron chi connectivity index (χ2n) is 4.89. The van der Waals surface area contributed by atoms with Crippen LogP contribution in [0, 0.1) is 0 Å². The summed E-state index contributed by atoms with van der Waals surface area (Å²) in [6.45, 7) is 2.10. The molecule has 1 atom stereocenters. The molecule has 2 rings (SSSR count). The van der Waals surface area contributed by atoms with E-state index in [1.807, 2.05) is 36.0 Å². The number of hydrogen-bond donors (Lipinski definition) is 1. The number of hydrogen-bond acceptors (Lipinski definition) is 3. The maximum atomic E-state index is 6.27. The fourth-order valence-electron chi connectivity index (χ4n) is 2.11. The maximum Gasteiger partial charge on any atom is 0.0766 e. The molecule has 3 nitrogen and oxygen atoms in total. The van der Waals surface area contributed by atoms with Crippen LogP contribution >= 0.6 is 39.3 Å². The number of aryl methyl sites for hydroxylation is 2. The first kappa shape index (κ1) is 16.9. The van der Waals surface area contributed by atoms with E-state index in [0.29, 0.717) is 0 Å². The van der Waals surface area contributed by atoms with E-state index in [2.05, 4.69) is 28.0 Å². The van der Waals surface area contributed by atoms with Gasteiger partial charge in [0.25, 0.3) is 0 Å². The Hall–Kier alpha value is -0.490. The molecule has 21 heavy (non-hydrogen) atoms. The molecule has 6 heteroatoms. The van der Waals surface area contributed by atoms with Crippen molar-refractivity contribution in [2.45, 2.75) is 30.7 Å². The van der Waals surface area contributed by atoms with E-state index >= 15 is 0 Å². The smallest absolute Gasteiger partial charge is 0.0766 e. The van der Waals surface area contributed by atoms with Crippen LogP contribution in [0.15, 0.2) is 33.6 Å². The normalized spacial score (nSPS) is 12.6. The van der Waals surface area contributed by atoms with E-state index in [-0.39, 0.29) is 6.04 Å². The van der Waals surface area contributed by atoms with Gasteiger partial charge in [0.1, 0.15) is 0 Å². The third-order valence-corrected chi connectivity index (χ3v) is 5.87. The first-order valence-electron chi connectivity index (χ1n) is 6.86. The molecule has 1 aromatic carbocycles. The molecule has 0 saturated carbocycles. The highest BCUT2D eigenvalue weighted by molar-refractivity contribution is 9.10. The molecule has 1 heterocycles. The van der Waals surface area contributed by atoms with Gasteiger partial charge < -0.3 is 5.73 Å². The van der Waals surface area contributed by atoms with Crippen LogP contribution in [0.1, 0.15) is 18.3 Å². The summed E-state index contributed by atoms with van der Waals surface area (Å²) in [5.74, 6) is 0.822. The SMILES string of the molecule is CCc1nn(C)c(CC(N)CSc2ccccc2Cl)c1Br. The van der Waals surface area contributed by atoms with Gasteiger partial charge in [-0.05, 0) is 34.5 Å². The van der Waals surface area contributed by atoms with E-state index in [1.54, 1.807) is 11.8 Å². The van der Waals surface area contributed by atoms with Crippen LogP contribution in [0.25, 0.3) is 0 Å². The van der Waals surface area contributed by atoms with Crippen molar-refractivity contribution in [3.05, 3.63) is 45.1 Å². The average molecular weight is 389 g/mol. The van der Waals surface area contributed by atoms with Crippen molar-refractivity contribution < 1.29 is 0 Å². The molecule has 0 fully saturated rings. The van der Waals surface area contributed by atoms with Crippen LogP contribution in [-0.2, 0) is 19.9 Å². The quantitative estimate of drug-likeness (QED) is 0.759. The number of rotatable bonds is 6. The van der Waals surface area contributed by atoms with Crippen molar-refractivity contribution in [3.8, 4) is 0 Å². The van der Waals surface area contributed by atoms with Gasteiger partial charge in [-0.1, -0.05) is 30.7 Å². The summed E-state index contributed by atoms with van der Waals surface area (Å²) >= 11 is 11.5. The predicted octanol–water partition coefficient (Wildman–Crippen LogP) is 4.06. The van der Waals surface area contributed by atoms with E-state index in [1.165, 1.54) is 0 Å². The Bertz CT molecular complexity index is 615. The lowest BCUT2D eigenvalue weighted by atomic mass is 10.2. The summed E-state index contributed by atoms with van der Waals surface area (Å²) in [6.07, 6.45) is 1.71. The molecular formula is C15H19BrClN3S. The van der Waals surface area contributed by atoms with Crippen molar-refractivity contribution in [2.75, 3.05) is 5.75 Å². The summed E-state index contributed by atoms with van der Waals surface area (Å²) < 4.78 is 3.01. The lowest BCUT2D eigenvalue weighted by Crippen LogP contribution is -2.26. The molecule has 2 N–H and O–H groups in total. The Morgan fingerprint density at radius 2 is 2.14 bits per heavy atom. The Morgan fingerprint density at radius 1 is 1.43 bits per heavy atom. The highest BCUT2D eigenvalue weighted by Gasteiger charge is 2.16. The zero-order valence-corrected chi connectivity index (χ0v) is 15.3. The second kappa shape index (κ2) is 7.68. The van der Waals surface area contributed by atoms with Gasteiger partial charge in [-0.3, -0.25) is 4.68 Å². The zero-order chi connectivity index (χ0) is 15.4. The van der Waals surface area contributed by atoms with E-state index < -0.39 is 0 Å². The van der Waals surface area contributed by atoms with Crippen molar-refractivity contribution in [3.63, 3.8) is 0 Å². The molecule has 0 aliphatic carbocycles. The van der Waals surface area contributed by atoms with Gasteiger partial charge in [0, 0.05) is 30.2 Å². The Balaban J connectivity index is 1.98. The molecule has 114 valence electrons. The third-order valence-electron chi connectivity index (χ3n) is 3.25. The van der Waals surface area contributed by atoms with Crippen LogP contribution in [0.4, 0.5) is 0 Å². The van der Waals surface area contributed by atoms with Gasteiger partial charge in [0.15, 0.2) is 0 Å². The van der Waals surface area contributed by atoms with Crippen LogP contribution in [0.5, 0.6) is 0 Å². The first-order chi connectivity index (χ1) is 10.0. The standard InChI is InChI=1S/C15H19BrClN3S/c1-3-12-15(16)13(20(2)19-12)8-10(18)9-21-14-7-5-4-6-11(14)17/h4-7,10H,3,8-9,18H2,1-2H3. The predicted molar refractivity (Wildman–Crippen MR) is 94.1 cm³/mol. The van der Waals surface area contributed by atoms with Crippen molar-refractivity contribution >= 4 is 39.3 Å². The average Bonchev–Trinajstić information content (AvgIpc) is 2.74. The summed E-state index contributed by atoms with van der Waals surface area (Å²) in [4.78, 5) is 1.08. The first-order valence-corrected chi connectivity index (χ1v) is 9.01. The molecule has 2 aromatic rings. The van der Waals surface area contributed by atoms with Gasteiger partial charge >= 0.3 is 0 Å². The van der Waals surface area contributed by atoms with Crippen LogP contribution in [0.2, 0.25) is 5.02 Å². The van der Waals surface area contributed by atoms with E-state index in [9.17, 15) is 0 Å². The number of nitrogens with zero attached hydrogens (tertiary/aromatic N) is 2. The zero-order valence-electron chi connectivity index (χ0n) is 12.1.